The second kappa shape index (κ2) is 5.34. The summed E-state index contributed by atoms with van der Waals surface area (Å²) in [7, 11) is 0. The Kier molecular flexibility index (Phi) is 2.93. The van der Waals surface area contributed by atoms with Crippen molar-refractivity contribution in [2.24, 2.45) is 0 Å². The van der Waals surface area contributed by atoms with E-state index < -0.39 is 0 Å². The summed E-state index contributed by atoms with van der Waals surface area (Å²) in [5.74, 6) is 1.91. The fourth-order valence-corrected chi connectivity index (χ4v) is 4.73. The van der Waals surface area contributed by atoms with Crippen LogP contribution in [0.15, 0.2) is 78.9 Å². The van der Waals surface area contributed by atoms with Gasteiger partial charge in [0.25, 0.3) is 0 Å². The van der Waals surface area contributed by atoms with E-state index in [2.05, 4.69) is 79.7 Å². The molecule has 0 spiro atoms. The lowest BCUT2D eigenvalue weighted by Crippen LogP contribution is -2.01. The van der Waals surface area contributed by atoms with Gasteiger partial charge in [0.2, 0.25) is 0 Å². The summed E-state index contributed by atoms with van der Waals surface area (Å²) in [5.41, 5.74) is 3.96. The highest BCUT2D eigenvalue weighted by Gasteiger charge is 2.25. The number of benzene rings is 5. The van der Waals surface area contributed by atoms with Crippen LogP contribution in [0.3, 0.4) is 0 Å². The number of ether oxygens (including phenoxy) is 1. The summed E-state index contributed by atoms with van der Waals surface area (Å²) in [6.45, 7) is 2.26. The number of hydrogen-bond acceptors (Lipinski definition) is 1. The Morgan fingerprint density at radius 3 is 2.30 bits per heavy atom. The first-order valence-electron chi connectivity index (χ1n) is 9.53. The molecule has 0 N–H and O–H groups in total. The van der Waals surface area contributed by atoms with Crippen molar-refractivity contribution in [2.75, 3.05) is 0 Å². The third-order valence-corrected chi connectivity index (χ3v) is 5.83. The third-order valence-electron chi connectivity index (χ3n) is 5.83. The molecular weight excluding hydrogens is 328 g/mol. The van der Waals surface area contributed by atoms with Gasteiger partial charge in [-0.25, -0.2) is 0 Å². The summed E-state index contributed by atoms with van der Waals surface area (Å²) in [6, 6.07) is 28.1. The molecular formula is C26H18O. The van der Waals surface area contributed by atoms with Crippen LogP contribution < -0.4 is 4.74 Å². The van der Waals surface area contributed by atoms with Crippen LogP contribution in [0.2, 0.25) is 0 Å². The lowest BCUT2D eigenvalue weighted by molar-refractivity contribution is 0.487. The third kappa shape index (κ3) is 1.89. The minimum Gasteiger partial charge on any atom is -0.456 e. The quantitative estimate of drug-likeness (QED) is 0.280. The van der Waals surface area contributed by atoms with Crippen LogP contribution >= 0.6 is 0 Å². The summed E-state index contributed by atoms with van der Waals surface area (Å²) in [4.78, 5) is 0. The van der Waals surface area contributed by atoms with Crippen LogP contribution in [0.4, 0.5) is 0 Å². The van der Waals surface area contributed by atoms with E-state index in [-0.39, 0.29) is 0 Å². The van der Waals surface area contributed by atoms with Crippen LogP contribution in [-0.4, -0.2) is 0 Å². The highest BCUT2D eigenvalue weighted by Crippen LogP contribution is 2.51. The number of fused-ring (bicyclic) bond motifs is 6. The Bertz CT molecular complexity index is 1380. The molecule has 1 heteroatoms. The average Bonchev–Trinajstić information content (AvgIpc) is 2.73. The Morgan fingerprint density at radius 2 is 1.37 bits per heavy atom. The molecule has 1 heterocycles. The van der Waals surface area contributed by atoms with E-state index in [4.69, 9.17) is 4.74 Å². The highest BCUT2D eigenvalue weighted by molar-refractivity contribution is 6.24. The first-order valence-corrected chi connectivity index (χ1v) is 9.53. The van der Waals surface area contributed by atoms with Crippen molar-refractivity contribution in [3.63, 3.8) is 0 Å². The molecule has 0 radical (unpaired) electrons. The van der Waals surface area contributed by atoms with Crippen LogP contribution in [0.25, 0.3) is 43.4 Å². The summed E-state index contributed by atoms with van der Waals surface area (Å²) >= 11 is 0. The fraction of sp³-hybridized carbons (Fsp3) is 0.0769. The summed E-state index contributed by atoms with van der Waals surface area (Å²) in [6.07, 6.45) is 0.985. The second-order valence-electron chi connectivity index (χ2n) is 7.19. The van der Waals surface area contributed by atoms with Gasteiger partial charge in [0, 0.05) is 16.5 Å². The van der Waals surface area contributed by atoms with Crippen molar-refractivity contribution in [3.8, 4) is 22.6 Å². The SMILES string of the molecule is CCc1c2c3c(cccc3c3ccc4ccccc4c13)Oc1ccccc1-2. The lowest BCUT2D eigenvalue weighted by atomic mass is 9.83. The molecule has 0 saturated heterocycles. The minimum atomic E-state index is 0.951. The Balaban J connectivity index is 1.96. The van der Waals surface area contributed by atoms with Crippen LogP contribution in [0.5, 0.6) is 11.5 Å². The number of rotatable bonds is 1. The van der Waals surface area contributed by atoms with Gasteiger partial charge in [-0.15, -0.1) is 0 Å². The molecule has 6 rings (SSSR count). The largest absolute Gasteiger partial charge is 0.456 e. The van der Waals surface area contributed by atoms with E-state index in [0.717, 1.165) is 17.9 Å². The van der Waals surface area contributed by atoms with Gasteiger partial charge in [-0.05, 0) is 51.0 Å². The zero-order valence-corrected chi connectivity index (χ0v) is 15.1. The molecule has 0 amide bonds. The molecule has 0 bridgehead atoms. The van der Waals surface area contributed by atoms with Crippen LogP contribution in [0.1, 0.15) is 12.5 Å². The van der Waals surface area contributed by atoms with Gasteiger partial charge in [0.05, 0.1) is 0 Å². The molecule has 128 valence electrons. The predicted octanol–water partition coefficient (Wildman–Crippen LogP) is 7.48. The lowest BCUT2D eigenvalue weighted by Gasteiger charge is -2.25. The predicted molar refractivity (Wildman–Crippen MR) is 114 cm³/mol. The Hall–Kier alpha value is -3.32. The van der Waals surface area contributed by atoms with Crippen molar-refractivity contribution < 1.29 is 4.74 Å². The van der Waals surface area contributed by atoms with E-state index >= 15 is 0 Å². The minimum absolute atomic E-state index is 0.951. The highest BCUT2D eigenvalue weighted by atomic mass is 16.5. The molecule has 0 fully saturated rings. The maximum absolute atomic E-state index is 6.29. The van der Waals surface area contributed by atoms with Gasteiger partial charge in [-0.3, -0.25) is 0 Å². The summed E-state index contributed by atoms with van der Waals surface area (Å²) in [5, 5.41) is 7.84. The molecule has 1 aliphatic rings. The molecule has 0 unspecified atom stereocenters. The Morgan fingerprint density at radius 1 is 0.630 bits per heavy atom. The zero-order valence-electron chi connectivity index (χ0n) is 15.1. The van der Waals surface area contributed by atoms with Gasteiger partial charge in [-0.1, -0.05) is 73.7 Å². The number of aryl methyl sites for hydroxylation is 1. The van der Waals surface area contributed by atoms with E-state index in [1.165, 1.54) is 49.0 Å². The topological polar surface area (TPSA) is 9.23 Å². The first-order chi connectivity index (χ1) is 13.4. The molecule has 27 heavy (non-hydrogen) atoms. The first kappa shape index (κ1) is 14.8. The van der Waals surface area contributed by atoms with E-state index in [0.29, 0.717) is 0 Å². The van der Waals surface area contributed by atoms with Gasteiger partial charge >= 0.3 is 0 Å². The smallest absolute Gasteiger partial charge is 0.135 e. The standard InChI is InChI=1S/C26H18O/c1-2-17-24-18-9-4-3-8-16(18)14-15-20(24)19-11-7-13-23-26(19)25(17)21-10-5-6-12-22(21)27-23/h3-15H,2H2,1H3. The van der Waals surface area contributed by atoms with Gasteiger partial charge in [0.15, 0.2) is 0 Å². The van der Waals surface area contributed by atoms with Crippen LogP contribution in [-0.2, 0) is 6.42 Å². The Labute approximate surface area is 157 Å². The monoisotopic (exact) mass is 346 g/mol. The zero-order chi connectivity index (χ0) is 18.0. The molecule has 0 aromatic heterocycles. The summed E-state index contributed by atoms with van der Waals surface area (Å²) < 4.78 is 6.29. The van der Waals surface area contributed by atoms with Gasteiger partial charge in [-0.2, -0.15) is 0 Å². The van der Waals surface area contributed by atoms with Crippen molar-refractivity contribution in [1.82, 2.24) is 0 Å². The molecule has 5 aromatic rings. The normalized spacial score (nSPS) is 12.3. The van der Waals surface area contributed by atoms with Crippen LogP contribution in [0, 0.1) is 0 Å². The van der Waals surface area contributed by atoms with Crippen molar-refractivity contribution in [1.29, 1.82) is 0 Å². The number of hydrogen-bond donors (Lipinski definition) is 0. The molecule has 0 saturated carbocycles. The van der Waals surface area contributed by atoms with E-state index in [1.54, 1.807) is 0 Å². The van der Waals surface area contributed by atoms with Gasteiger partial charge in [0.1, 0.15) is 11.5 Å². The fourth-order valence-electron chi connectivity index (χ4n) is 4.73. The van der Waals surface area contributed by atoms with E-state index in [9.17, 15) is 0 Å². The second-order valence-corrected chi connectivity index (χ2v) is 7.19. The molecule has 1 nitrogen and oxygen atoms in total. The maximum atomic E-state index is 6.29. The van der Waals surface area contributed by atoms with Crippen molar-refractivity contribution in [2.45, 2.75) is 13.3 Å². The maximum Gasteiger partial charge on any atom is 0.135 e. The number of para-hydroxylation sites is 1. The van der Waals surface area contributed by atoms with Crippen molar-refractivity contribution >= 4 is 32.3 Å². The van der Waals surface area contributed by atoms with E-state index in [1.807, 2.05) is 6.07 Å². The molecule has 5 aromatic carbocycles. The van der Waals surface area contributed by atoms with Gasteiger partial charge < -0.3 is 4.74 Å². The molecule has 0 aliphatic carbocycles. The average molecular weight is 346 g/mol. The molecule has 1 aliphatic heterocycles. The van der Waals surface area contributed by atoms with Crippen molar-refractivity contribution in [3.05, 3.63) is 84.4 Å². The molecule has 0 atom stereocenters.